The van der Waals surface area contributed by atoms with Crippen molar-refractivity contribution in [3.05, 3.63) is 59.7 Å². The lowest BCUT2D eigenvalue weighted by atomic mass is 10.1. The minimum atomic E-state index is -0.441. The highest BCUT2D eigenvalue weighted by molar-refractivity contribution is 6.02. The van der Waals surface area contributed by atoms with E-state index in [4.69, 9.17) is 0 Å². The average Bonchev–Trinajstić information content (AvgIpc) is 2.72. The van der Waals surface area contributed by atoms with Gasteiger partial charge in [0.25, 0.3) is 0 Å². The molecule has 0 bridgehead atoms. The van der Waals surface area contributed by atoms with E-state index in [2.05, 4.69) is 15.6 Å². The summed E-state index contributed by atoms with van der Waals surface area (Å²) in [6.07, 6.45) is 3.41. The topological polar surface area (TPSA) is 54.0 Å². The molecule has 1 aliphatic rings. The predicted octanol–water partition coefficient (Wildman–Crippen LogP) is 2.00. The second kappa shape index (κ2) is 4.78. The third-order valence-corrected chi connectivity index (χ3v) is 3.11. The number of nitrogens with one attached hydrogen (secondary N) is 2. The minimum absolute atomic E-state index is 0.158. The third kappa shape index (κ3) is 2.32. The summed E-state index contributed by atoms with van der Waals surface area (Å²) in [5.41, 5.74) is 2.36. The number of nitrogens with zero attached hydrogens (tertiary/aromatic N) is 1. The molecular weight excluding hydrogens is 245 g/mol. The third-order valence-electron chi connectivity index (χ3n) is 3.11. The van der Waals surface area contributed by atoms with Crippen LogP contribution in [0.2, 0.25) is 0 Å². The van der Waals surface area contributed by atoms with E-state index in [1.807, 2.05) is 12.1 Å². The number of pyridine rings is 1. The summed E-state index contributed by atoms with van der Waals surface area (Å²) in [7, 11) is 0. The van der Waals surface area contributed by atoms with E-state index < -0.39 is 6.04 Å². The van der Waals surface area contributed by atoms with Gasteiger partial charge in [0.2, 0.25) is 5.91 Å². The second-order valence-electron chi connectivity index (χ2n) is 4.39. The number of carbonyl (C=O) groups excluding carboxylic acids is 1. The van der Waals surface area contributed by atoms with Gasteiger partial charge in [-0.1, -0.05) is 6.07 Å². The standard InChI is InChI=1S/C14H12FN3O/c15-10-1-2-11-12(7-10)18-14(19)13(11)17-8-9-3-5-16-6-4-9/h1-7,13,17H,8H2,(H,18,19). The molecule has 0 saturated heterocycles. The van der Waals surface area contributed by atoms with E-state index in [-0.39, 0.29) is 11.7 Å². The molecule has 96 valence electrons. The Bertz CT molecular complexity index is 615. The zero-order valence-electron chi connectivity index (χ0n) is 10.1. The molecule has 0 aliphatic carbocycles. The van der Waals surface area contributed by atoms with Crippen molar-refractivity contribution in [1.82, 2.24) is 10.3 Å². The largest absolute Gasteiger partial charge is 0.324 e. The van der Waals surface area contributed by atoms with Gasteiger partial charge in [-0.3, -0.25) is 15.1 Å². The molecule has 4 nitrogen and oxygen atoms in total. The summed E-state index contributed by atoms with van der Waals surface area (Å²) in [6, 6.07) is 7.65. The van der Waals surface area contributed by atoms with Crippen molar-refractivity contribution in [3.8, 4) is 0 Å². The molecule has 2 heterocycles. The fourth-order valence-electron chi connectivity index (χ4n) is 2.16. The van der Waals surface area contributed by atoms with Crippen LogP contribution in [-0.2, 0) is 11.3 Å². The highest BCUT2D eigenvalue weighted by atomic mass is 19.1. The Kier molecular flexibility index (Phi) is 2.97. The first-order valence-corrected chi connectivity index (χ1v) is 5.96. The van der Waals surface area contributed by atoms with Crippen LogP contribution in [0.4, 0.5) is 10.1 Å². The molecule has 3 rings (SSSR count). The number of amides is 1. The average molecular weight is 257 g/mol. The molecule has 0 spiro atoms. The number of aromatic nitrogens is 1. The van der Waals surface area contributed by atoms with Crippen molar-refractivity contribution >= 4 is 11.6 Å². The van der Waals surface area contributed by atoms with E-state index in [9.17, 15) is 9.18 Å². The molecule has 19 heavy (non-hydrogen) atoms. The zero-order valence-corrected chi connectivity index (χ0v) is 10.1. The van der Waals surface area contributed by atoms with Gasteiger partial charge in [-0.2, -0.15) is 0 Å². The SMILES string of the molecule is O=C1Nc2cc(F)ccc2C1NCc1ccncc1. The molecule has 0 fully saturated rings. The van der Waals surface area contributed by atoms with Crippen LogP contribution in [0.5, 0.6) is 0 Å². The predicted molar refractivity (Wildman–Crippen MR) is 68.8 cm³/mol. The first-order chi connectivity index (χ1) is 9.24. The molecule has 1 unspecified atom stereocenters. The Morgan fingerprint density at radius 3 is 2.84 bits per heavy atom. The lowest BCUT2D eigenvalue weighted by Crippen LogP contribution is -2.27. The van der Waals surface area contributed by atoms with Gasteiger partial charge in [-0.15, -0.1) is 0 Å². The van der Waals surface area contributed by atoms with Crippen molar-refractivity contribution in [2.45, 2.75) is 12.6 Å². The van der Waals surface area contributed by atoms with E-state index in [1.165, 1.54) is 12.1 Å². The van der Waals surface area contributed by atoms with Gasteiger partial charge in [0.1, 0.15) is 11.9 Å². The number of anilines is 1. The van der Waals surface area contributed by atoms with E-state index >= 15 is 0 Å². The summed E-state index contributed by atoms with van der Waals surface area (Å²) >= 11 is 0. The van der Waals surface area contributed by atoms with Gasteiger partial charge in [0, 0.05) is 30.2 Å². The number of hydrogen-bond acceptors (Lipinski definition) is 3. The number of halogens is 1. The molecule has 2 N–H and O–H groups in total. The van der Waals surface area contributed by atoms with Crippen LogP contribution in [0.25, 0.3) is 0 Å². The van der Waals surface area contributed by atoms with E-state index in [0.717, 1.165) is 11.1 Å². The summed E-state index contributed by atoms with van der Waals surface area (Å²) in [6.45, 7) is 0.553. The fourth-order valence-corrected chi connectivity index (χ4v) is 2.16. The summed E-state index contributed by atoms with van der Waals surface area (Å²) in [4.78, 5) is 15.8. The van der Waals surface area contributed by atoms with Gasteiger partial charge >= 0.3 is 0 Å². The number of fused-ring (bicyclic) bond motifs is 1. The highest BCUT2D eigenvalue weighted by Crippen LogP contribution is 2.31. The molecule has 1 aromatic heterocycles. The van der Waals surface area contributed by atoms with Crippen LogP contribution in [-0.4, -0.2) is 10.9 Å². The minimum Gasteiger partial charge on any atom is -0.324 e. The van der Waals surface area contributed by atoms with E-state index in [1.54, 1.807) is 18.5 Å². The maximum atomic E-state index is 13.1. The molecule has 0 saturated carbocycles. The Morgan fingerprint density at radius 2 is 2.05 bits per heavy atom. The maximum Gasteiger partial charge on any atom is 0.246 e. The van der Waals surface area contributed by atoms with Gasteiger partial charge < -0.3 is 5.32 Å². The number of benzene rings is 1. The van der Waals surface area contributed by atoms with Crippen LogP contribution in [0, 0.1) is 5.82 Å². The molecule has 1 aliphatic heterocycles. The Morgan fingerprint density at radius 1 is 1.26 bits per heavy atom. The smallest absolute Gasteiger partial charge is 0.246 e. The zero-order chi connectivity index (χ0) is 13.2. The number of rotatable bonds is 3. The fraction of sp³-hybridized carbons (Fsp3) is 0.143. The number of carbonyl (C=O) groups is 1. The Labute approximate surface area is 109 Å². The van der Waals surface area contributed by atoms with Crippen molar-refractivity contribution in [2.75, 3.05) is 5.32 Å². The molecule has 5 heteroatoms. The van der Waals surface area contributed by atoms with Crippen LogP contribution in [0.15, 0.2) is 42.7 Å². The Hall–Kier alpha value is -2.27. The van der Waals surface area contributed by atoms with Crippen molar-refractivity contribution < 1.29 is 9.18 Å². The van der Waals surface area contributed by atoms with Crippen molar-refractivity contribution in [2.24, 2.45) is 0 Å². The highest BCUT2D eigenvalue weighted by Gasteiger charge is 2.30. The monoisotopic (exact) mass is 257 g/mol. The summed E-state index contributed by atoms with van der Waals surface area (Å²) < 4.78 is 13.1. The molecule has 1 amide bonds. The lowest BCUT2D eigenvalue weighted by Gasteiger charge is -2.11. The van der Waals surface area contributed by atoms with Gasteiger partial charge in [0.05, 0.1) is 0 Å². The lowest BCUT2D eigenvalue weighted by molar-refractivity contribution is -0.117. The molecule has 1 atom stereocenters. The van der Waals surface area contributed by atoms with Crippen LogP contribution in [0.3, 0.4) is 0 Å². The van der Waals surface area contributed by atoms with Crippen LogP contribution >= 0.6 is 0 Å². The molecule has 0 radical (unpaired) electrons. The molecule has 1 aromatic carbocycles. The first kappa shape index (κ1) is 11.8. The molecule has 2 aromatic rings. The summed E-state index contributed by atoms with van der Waals surface area (Å²) in [5, 5.41) is 5.83. The Balaban J connectivity index is 1.77. The van der Waals surface area contributed by atoms with Gasteiger partial charge in [-0.05, 0) is 29.8 Å². The number of hydrogen-bond donors (Lipinski definition) is 2. The summed E-state index contributed by atoms with van der Waals surface area (Å²) in [5.74, 6) is -0.511. The van der Waals surface area contributed by atoms with E-state index in [0.29, 0.717) is 12.2 Å². The second-order valence-corrected chi connectivity index (χ2v) is 4.39. The molecular formula is C14H12FN3O. The normalized spacial score (nSPS) is 17.1. The van der Waals surface area contributed by atoms with Crippen molar-refractivity contribution in [3.63, 3.8) is 0 Å². The quantitative estimate of drug-likeness (QED) is 0.884. The first-order valence-electron chi connectivity index (χ1n) is 5.96. The van der Waals surface area contributed by atoms with Gasteiger partial charge in [-0.25, -0.2) is 4.39 Å². The van der Waals surface area contributed by atoms with Crippen LogP contribution < -0.4 is 10.6 Å². The van der Waals surface area contributed by atoms with Crippen molar-refractivity contribution in [1.29, 1.82) is 0 Å². The van der Waals surface area contributed by atoms with Gasteiger partial charge in [0.15, 0.2) is 0 Å². The van der Waals surface area contributed by atoms with Crippen LogP contribution in [0.1, 0.15) is 17.2 Å². The maximum absolute atomic E-state index is 13.1.